The highest BCUT2D eigenvalue weighted by Crippen LogP contribution is 2.39. The third kappa shape index (κ3) is 5.02. The van der Waals surface area contributed by atoms with Crippen molar-refractivity contribution in [3.05, 3.63) is 71.8 Å². The number of nitrogens with zero attached hydrogens (tertiary/aromatic N) is 1. The average molecular weight is 439 g/mol. The summed E-state index contributed by atoms with van der Waals surface area (Å²) < 4.78 is 13.6. The first-order valence-electron chi connectivity index (χ1n) is 8.20. The van der Waals surface area contributed by atoms with Gasteiger partial charge in [0.2, 0.25) is 0 Å². The van der Waals surface area contributed by atoms with Crippen molar-refractivity contribution in [2.45, 2.75) is 18.3 Å². The van der Waals surface area contributed by atoms with Crippen LogP contribution in [-0.4, -0.2) is 44.9 Å². The molecule has 1 saturated heterocycles. The van der Waals surface area contributed by atoms with Crippen LogP contribution >= 0.6 is 0 Å². The normalized spacial score (nSPS) is 24.2. The van der Waals surface area contributed by atoms with E-state index in [0.717, 1.165) is 11.0 Å². The van der Waals surface area contributed by atoms with Gasteiger partial charge in [0, 0.05) is 0 Å². The van der Waals surface area contributed by atoms with Crippen molar-refractivity contribution in [1.82, 2.24) is 0 Å². The second kappa shape index (κ2) is 8.43. The molecule has 3 rings (SSSR count). The maximum Gasteiger partial charge on any atom is 0.131 e. The molecule has 2 aromatic carbocycles. The molecule has 3 atom stereocenters. The molecule has 0 saturated carbocycles. The Morgan fingerprint density at radius 1 is 0.833 bits per heavy atom. The Morgan fingerprint density at radius 2 is 1.33 bits per heavy atom. The Hall–Kier alpha value is -0.950. The van der Waals surface area contributed by atoms with E-state index in [2.05, 4.69) is 69.7 Å². The lowest BCUT2D eigenvalue weighted by Gasteiger charge is -2.39. The molecule has 2 aromatic rings. The molecule has 130 valence electrons. The highest BCUT2D eigenvalue weighted by Gasteiger charge is 2.36. The number of likely N-dealkylation sites (N-methyl/N-ethyl adjacent to an activating group) is 1. The van der Waals surface area contributed by atoms with Crippen molar-refractivity contribution in [3.8, 4) is 0 Å². The molecule has 0 aliphatic carbocycles. The van der Waals surface area contributed by atoms with Crippen molar-refractivity contribution >= 4 is 0 Å². The summed E-state index contributed by atoms with van der Waals surface area (Å²) in [6, 6.07) is 20.8. The Balaban J connectivity index is 0.00000208. The van der Waals surface area contributed by atoms with Crippen molar-refractivity contribution in [2.24, 2.45) is 0 Å². The Labute approximate surface area is 162 Å². The zero-order valence-electron chi connectivity index (χ0n) is 14.6. The van der Waals surface area contributed by atoms with Crippen LogP contribution in [0.15, 0.2) is 60.7 Å². The second-order valence-electron chi connectivity index (χ2n) is 7.23. The van der Waals surface area contributed by atoms with Gasteiger partial charge in [0.05, 0.1) is 27.7 Å². The van der Waals surface area contributed by atoms with Crippen molar-refractivity contribution in [2.75, 3.05) is 34.3 Å². The van der Waals surface area contributed by atoms with Gasteiger partial charge in [-0.2, -0.15) is 0 Å². The van der Waals surface area contributed by atoms with Gasteiger partial charge in [-0.15, -0.1) is 0 Å². The highest BCUT2D eigenvalue weighted by atomic mass is 127. The average Bonchev–Trinajstić information content (AvgIpc) is 2.55. The lowest BCUT2D eigenvalue weighted by molar-refractivity contribution is -0.874. The van der Waals surface area contributed by atoms with E-state index in [1.165, 1.54) is 11.1 Å². The fraction of sp³-hybridized carbons (Fsp3) is 0.400. The van der Waals surface area contributed by atoms with Gasteiger partial charge in [0.1, 0.15) is 24.9 Å². The quantitative estimate of drug-likeness (QED) is 0.513. The summed E-state index contributed by atoms with van der Waals surface area (Å²) in [6.07, 6.45) is -0.00798. The molecule has 0 spiro atoms. The lowest BCUT2D eigenvalue weighted by atomic mass is 9.96. The van der Waals surface area contributed by atoms with Gasteiger partial charge in [-0.3, -0.25) is 0 Å². The van der Waals surface area contributed by atoms with Gasteiger partial charge in [-0.25, -0.2) is 0 Å². The van der Waals surface area contributed by atoms with Crippen LogP contribution < -0.4 is 24.0 Å². The molecule has 3 nitrogen and oxygen atoms in total. The minimum atomic E-state index is -0.0658. The molecule has 0 bridgehead atoms. The van der Waals surface area contributed by atoms with Crippen LogP contribution in [0.25, 0.3) is 0 Å². The molecular formula is C20H26INO2. The molecule has 0 unspecified atom stereocenters. The van der Waals surface area contributed by atoms with Gasteiger partial charge in [0.15, 0.2) is 0 Å². The minimum Gasteiger partial charge on any atom is -1.00 e. The first-order valence-corrected chi connectivity index (χ1v) is 8.20. The van der Waals surface area contributed by atoms with E-state index in [-0.39, 0.29) is 42.3 Å². The van der Waals surface area contributed by atoms with Gasteiger partial charge in [-0.1, -0.05) is 60.7 Å². The summed E-state index contributed by atoms with van der Waals surface area (Å²) in [5, 5.41) is 0. The monoisotopic (exact) mass is 439 g/mol. The summed E-state index contributed by atoms with van der Waals surface area (Å²) >= 11 is 0. The Morgan fingerprint density at radius 3 is 1.83 bits per heavy atom. The molecule has 0 radical (unpaired) electrons. The van der Waals surface area contributed by atoms with Crippen LogP contribution in [0.1, 0.15) is 23.3 Å². The van der Waals surface area contributed by atoms with Crippen molar-refractivity contribution < 1.29 is 37.9 Å². The van der Waals surface area contributed by atoms with Crippen LogP contribution in [-0.2, 0) is 9.47 Å². The van der Waals surface area contributed by atoms with E-state index >= 15 is 0 Å². The standard InChI is InChI=1S/C20H26NO2.HI/c1-21(2,3)14-18-15-22-19(16-10-6-4-7-11-16)20(23-18)17-12-8-5-9-13-17;/h4-13,18-20H,14-15H2,1-3H3;1H/q+1;/p-1/t18-,19-,20-;/m1./s1. The Kier molecular flexibility index (Phi) is 6.80. The number of benzene rings is 2. The number of hydrogen-bond acceptors (Lipinski definition) is 2. The van der Waals surface area contributed by atoms with Crippen LogP contribution in [0.5, 0.6) is 0 Å². The summed E-state index contributed by atoms with van der Waals surface area (Å²) in [6.45, 7) is 1.57. The largest absolute Gasteiger partial charge is 1.00 e. The van der Waals surface area contributed by atoms with Gasteiger partial charge in [0.25, 0.3) is 0 Å². The van der Waals surface area contributed by atoms with E-state index in [4.69, 9.17) is 9.47 Å². The van der Waals surface area contributed by atoms with Crippen LogP contribution in [0.3, 0.4) is 0 Å². The summed E-state index contributed by atoms with van der Waals surface area (Å²) in [5.41, 5.74) is 2.34. The fourth-order valence-corrected chi connectivity index (χ4v) is 3.13. The van der Waals surface area contributed by atoms with Crippen LogP contribution in [0.2, 0.25) is 0 Å². The van der Waals surface area contributed by atoms with E-state index in [0.29, 0.717) is 6.61 Å². The SMILES string of the molecule is C[N+](C)(C)C[C@@H]1CO[C@H](c2ccccc2)[C@@H](c2ccccc2)O1.[I-]. The summed E-state index contributed by atoms with van der Waals surface area (Å²) in [5.74, 6) is 0. The number of rotatable bonds is 4. The van der Waals surface area contributed by atoms with Crippen molar-refractivity contribution in [3.63, 3.8) is 0 Å². The van der Waals surface area contributed by atoms with Gasteiger partial charge in [-0.05, 0) is 11.1 Å². The minimum absolute atomic E-state index is 0. The number of hydrogen-bond donors (Lipinski definition) is 0. The fourth-order valence-electron chi connectivity index (χ4n) is 3.13. The smallest absolute Gasteiger partial charge is 0.131 e. The Bertz CT molecular complexity index is 613. The molecule has 1 fully saturated rings. The summed E-state index contributed by atoms with van der Waals surface area (Å²) in [7, 11) is 6.55. The maximum atomic E-state index is 6.47. The number of halogens is 1. The zero-order chi connectivity index (χ0) is 16.3. The maximum absolute atomic E-state index is 6.47. The van der Waals surface area contributed by atoms with Gasteiger partial charge < -0.3 is 37.9 Å². The lowest BCUT2D eigenvalue weighted by Crippen LogP contribution is -3.00. The molecule has 0 aromatic heterocycles. The highest BCUT2D eigenvalue weighted by molar-refractivity contribution is 5.25. The van der Waals surface area contributed by atoms with E-state index < -0.39 is 0 Å². The molecule has 24 heavy (non-hydrogen) atoms. The van der Waals surface area contributed by atoms with E-state index in [9.17, 15) is 0 Å². The van der Waals surface area contributed by atoms with E-state index in [1.54, 1.807) is 0 Å². The number of quaternary nitrogens is 1. The third-order valence-electron chi connectivity index (χ3n) is 4.08. The molecular weight excluding hydrogens is 413 g/mol. The zero-order valence-corrected chi connectivity index (χ0v) is 16.7. The summed E-state index contributed by atoms with van der Waals surface area (Å²) in [4.78, 5) is 0. The third-order valence-corrected chi connectivity index (χ3v) is 4.08. The molecule has 0 amide bonds. The first kappa shape index (κ1) is 19.4. The van der Waals surface area contributed by atoms with Crippen LogP contribution in [0.4, 0.5) is 0 Å². The number of ether oxygens (including phenoxy) is 2. The van der Waals surface area contributed by atoms with E-state index in [1.807, 2.05) is 12.1 Å². The second-order valence-corrected chi connectivity index (χ2v) is 7.23. The van der Waals surface area contributed by atoms with Gasteiger partial charge >= 0.3 is 0 Å². The van der Waals surface area contributed by atoms with Crippen LogP contribution in [0, 0.1) is 0 Å². The topological polar surface area (TPSA) is 18.5 Å². The molecule has 1 heterocycles. The first-order chi connectivity index (χ1) is 11.0. The predicted molar refractivity (Wildman–Crippen MR) is 92.1 cm³/mol. The molecule has 1 aliphatic rings. The molecule has 4 heteroatoms. The van der Waals surface area contributed by atoms with Crippen molar-refractivity contribution in [1.29, 1.82) is 0 Å². The predicted octanol–water partition coefficient (Wildman–Crippen LogP) is 0.595. The molecule has 1 aliphatic heterocycles. The molecule has 0 N–H and O–H groups in total.